The molecule has 0 saturated heterocycles. The van der Waals surface area contributed by atoms with E-state index in [0.717, 1.165) is 53.8 Å². The molecule has 0 N–H and O–H groups in total. The SMILES string of the molecule is CCC1CCc2nc(-c3ccccc3OC)ccc2C1C=O. The number of aldehydes is 1. The molecule has 0 saturated carbocycles. The van der Waals surface area contributed by atoms with Crippen molar-refractivity contribution in [3.63, 3.8) is 0 Å². The van der Waals surface area contributed by atoms with Crippen molar-refractivity contribution in [1.82, 2.24) is 4.98 Å². The number of aromatic nitrogens is 1. The molecule has 2 unspecified atom stereocenters. The van der Waals surface area contributed by atoms with Gasteiger partial charge in [-0.25, -0.2) is 0 Å². The molecule has 1 aliphatic rings. The number of pyridine rings is 1. The van der Waals surface area contributed by atoms with Gasteiger partial charge in [-0.1, -0.05) is 31.5 Å². The zero-order valence-corrected chi connectivity index (χ0v) is 13.1. The first-order chi connectivity index (χ1) is 10.8. The van der Waals surface area contributed by atoms with E-state index in [1.165, 1.54) is 0 Å². The highest BCUT2D eigenvalue weighted by Gasteiger charge is 2.29. The Balaban J connectivity index is 2.03. The molecular weight excluding hydrogens is 274 g/mol. The van der Waals surface area contributed by atoms with Crippen LogP contribution in [-0.2, 0) is 11.2 Å². The van der Waals surface area contributed by atoms with Crippen molar-refractivity contribution in [3.8, 4) is 17.0 Å². The van der Waals surface area contributed by atoms with E-state index >= 15 is 0 Å². The number of benzene rings is 1. The zero-order valence-electron chi connectivity index (χ0n) is 13.1. The van der Waals surface area contributed by atoms with Gasteiger partial charge in [-0.05, 0) is 42.5 Å². The summed E-state index contributed by atoms with van der Waals surface area (Å²) in [6.07, 6.45) is 4.12. The number of hydrogen-bond acceptors (Lipinski definition) is 3. The summed E-state index contributed by atoms with van der Waals surface area (Å²) < 4.78 is 5.42. The van der Waals surface area contributed by atoms with Crippen LogP contribution in [0.15, 0.2) is 36.4 Å². The Labute approximate surface area is 131 Å². The molecule has 0 fully saturated rings. The molecule has 0 aliphatic heterocycles. The summed E-state index contributed by atoms with van der Waals surface area (Å²) in [6, 6.07) is 12.0. The van der Waals surface area contributed by atoms with E-state index in [0.29, 0.717) is 5.92 Å². The summed E-state index contributed by atoms with van der Waals surface area (Å²) in [5, 5.41) is 0. The number of aryl methyl sites for hydroxylation is 1. The van der Waals surface area contributed by atoms with Crippen molar-refractivity contribution in [1.29, 1.82) is 0 Å². The van der Waals surface area contributed by atoms with Crippen LogP contribution in [0.1, 0.15) is 36.9 Å². The number of para-hydroxylation sites is 1. The summed E-state index contributed by atoms with van der Waals surface area (Å²) >= 11 is 0. The van der Waals surface area contributed by atoms with Crippen molar-refractivity contribution in [2.24, 2.45) is 5.92 Å². The molecule has 3 rings (SSSR count). The Morgan fingerprint density at radius 3 is 2.82 bits per heavy atom. The van der Waals surface area contributed by atoms with Gasteiger partial charge in [0.2, 0.25) is 0 Å². The van der Waals surface area contributed by atoms with Crippen molar-refractivity contribution in [3.05, 3.63) is 47.7 Å². The fourth-order valence-corrected chi connectivity index (χ4v) is 3.42. The second-order valence-corrected chi connectivity index (χ2v) is 5.80. The maximum Gasteiger partial charge on any atom is 0.128 e. The minimum Gasteiger partial charge on any atom is -0.496 e. The fraction of sp³-hybridized carbons (Fsp3) is 0.368. The van der Waals surface area contributed by atoms with Crippen LogP contribution in [0.4, 0.5) is 0 Å². The minimum atomic E-state index is -0.00651. The predicted molar refractivity (Wildman–Crippen MR) is 87.1 cm³/mol. The summed E-state index contributed by atoms with van der Waals surface area (Å²) in [6.45, 7) is 2.16. The van der Waals surface area contributed by atoms with Gasteiger partial charge in [0.15, 0.2) is 0 Å². The first kappa shape index (κ1) is 14.8. The standard InChI is InChI=1S/C19H21NO2/c1-3-13-8-10-17-14(16(13)12-21)9-11-18(20-17)15-6-4-5-7-19(15)22-2/h4-7,9,11-13,16H,3,8,10H2,1-2H3. The highest BCUT2D eigenvalue weighted by Crippen LogP contribution is 2.38. The fourth-order valence-electron chi connectivity index (χ4n) is 3.42. The number of fused-ring (bicyclic) bond motifs is 1. The molecular formula is C19H21NO2. The number of rotatable bonds is 4. The van der Waals surface area contributed by atoms with E-state index < -0.39 is 0 Å². The van der Waals surface area contributed by atoms with Crippen molar-refractivity contribution in [2.45, 2.75) is 32.1 Å². The molecule has 3 heteroatoms. The van der Waals surface area contributed by atoms with Gasteiger partial charge in [0.05, 0.1) is 12.8 Å². The van der Waals surface area contributed by atoms with E-state index in [1.807, 2.05) is 30.3 Å². The number of hydrogen-bond donors (Lipinski definition) is 0. The average molecular weight is 295 g/mol. The van der Waals surface area contributed by atoms with Crippen molar-refractivity contribution < 1.29 is 9.53 Å². The molecule has 0 spiro atoms. The van der Waals surface area contributed by atoms with Crippen LogP contribution in [0.2, 0.25) is 0 Å². The Kier molecular flexibility index (Phi) is 4.23. The third-order valence-corrected chi connectivity index (χ3v) is 4.68. The van der Waals surface area contributed by atoms with Crippen LogP contribution >= 0.6 is 0 Å². The van der Waals surface area contributed by atoms with Gasteiger partial charge in [-0.15, -0.1) is 0 Å². The second kappa shape index (κ2) is 6.30. The summed E-state index contributed by atoms with van der Waals surface area (Å²) in [5.41, 5.74) is 4.07. The van der Waals surface area contributed by atoms with E-state index in [2.05, 4.69) is 13.0 Å². The number of nitrogens with zero attached hydrogens (tertiary/aromatic N) is 1. The normalized spacial score (nSPS) is 20.3. The summed E-state index contributed by atoms with van der Waals surface area (Å²) in [5.74, 6) is 1.26. The lowest BCUT2D eigenvalue weighted by molar-refractivity contribution is -0.110. The van der Waals surface area contributed by atoms with Crippen LogP contribution in [0, 0.1) is 5.92 Å². The topological polar surface area (TPSA) is 39.2 Å². The van der Waals surface area contributed by atoms with Crippen molar-refractivity contribution >= 4 is 6.29 Å². The Bertz CT molecular complexity index is 681. The molecule has 1 aliphatic carbocycles. The third-order valence-electron chi connectivity index (χ3n) is 4.68. The van der Waals surface area contributed by atoms with Gasteiger partial charge in [-0.2, -0.15) is 0 Å². The number of carbonyl (C=O) groups is 1. The molecule has 0 amide bonds. The van der Waals surface area contributed by atoms with Crippen LogP contribution in [0.3, 0.4) is 0 Å². The van der Waals surface area contributed by atoms with Gasteiger partial charge in [0.25, 0.3) is 0 Å². The predicted octanol–water partition coefficient (Wildman–Crippen LogP) is 4.01. The number of methoxy groups -OCH3 is 1. The molecule has 2 aromatic rings. The quantitative estimate of drug-likeness (QED) is 0.800. The van der Waals surface area contributed by atoms with Gasteiger partial charge >= 0.3 is 0 Å². The molecule has 2 atom stereocenters. The smallest absolute Gasteiger partial charge is 0.128 e. The molecule has 3 nitrogen and oxygen atoms in total. The van der Waals surface area contributed by atoms with Crippen molar-refractivity contribution in [2.75, 3.05) is 7.11 Å². The van der Waals surface area contributed by atoms with Crippen LogP contribution in [0.5, 0.6) is 5.75 Å². The lowest BCUT2D eigenvalue weighted by Crippen LogP contribution is -2.22. The first-order valence-electron chi connectivity index (χ1n) is 7.87. The van der Waals surface area contributed by atoms with Crippen LogP contribution < -0.4 is 4.74 Å². The highest BCUT2D eigenvalue weighted by atomic mass is 16.5. The summed E-state index contributed by atoms with van der Waals surface area (Å²) in [7, 11) is 1.67. The van der Waals surface area contributed by atoms with E-state index in [4.69, 9.17) is 9.72 Å². The molecule has 1 heterocycles. The van der Waals surface area contributed by atoms with Gasteiger partial charge in [0.1, 0.15) is 12.0 Å². The van der Waals surface area contributed by atoms with E-state index in [-0.39, 0.29) is 5.92 Å². The first-order valence-corrected chi connectivity index (χ1v) is 7.87. The lowest BCUT2D eigenvalue weighted by atomic mass is 9.76. The maximum absolute atomic E-state index is 11.5. The Morgan fingerprint density at radius 1 is 1.27 bits per heavy atom. The molecule has 114 valence electrons. The molecule has 0 bridgehead atoms. The average Bonchev–Trinajstić information content (AvgIpc) is 2.60. The highest BCUT2D eigenvalue weighted by molar-refractivity contribution is 5.69. The zero-order chi connectivity index (χ0) is 15.5. The Morgan fingerprint density at radius 2 is 2.09 bits per heavy atom. The van der Waals surface area contributed by atoms with Gasteiger partial charge in [-0.3, -0.25) is 4.98 Å². The summed E-state index contributed by atoms with van der Waals surface area (Å²) in [4.78, 5) is 16.3. The van der Waals surface area contributed by atoms with E-state index in [9.17, 15) is 4.79 Å². The van der Waals surface area contributed by atoms with Crippen LogP contribution in [-0.4, -0.2) is 18.4 Å². The minimum absolute atomic E-state index is 0.00651. The second-order valence-electron chi connectivity index (χ2n) is 5.80. The molecule has 22 heavy (non-hydrogen) atoms. The van der Waals surface area contributed by atoms with Gasteiger partial charge in [0, 0.05) is 17.2 Å². The monoisotopic (exact) mass is 295 g/mol. The number of ether oxygens (including phenoxy) is 1. The maximum atomic E-state index is 11.5. The molecule has 1 aromatic carbocycles. The lowest BCUT2D eigenvalue weighted by Gasteiger charge is -2.29. The van der Waals surface area contributed by atoms with Gasteiger partial charge < -0.3 is 9.53 Å². The molecule has 1 aromatic heterocycles. The number of carbonyl (C=O) groups excluding carboxylic acids is 1. The third kappa shape index (κ3) is 2.52. The van der Waals surface area contributed by atoms with Crippen LogP contribution in [0.25, 0.3) is 11.3 Å². The Hall–Kier alpha value is -2.16. The molecule has 0 radical (unpaired) electrons. The van der Waals surface area contributed by atoms with E-state index in [1.54, 1.807) is 7.11 Å². The largest absolute Gasteiger partial charge is 0.496 e.